The number of ether oxygens (including phenoxy) is 1. The molecule has 1 amide bonds. The van der Waals surface area contributed by atoms with Gasteiger partial charge in [0.15, 0.2) is 11.4 Å². The molecule has 1 saturated carbocycles. The van der Waals surface area contributed by atoms with Gasteiger partial charge in [0.2, 0.25) is 0 Å². The Kier molecular flexibility index (Phi) is 4.39. The number of nitrogens with zero attached hydrogens (tertiary/aromatic N) is 1. The highest BCUT2D eigenvalue weighted by molar-refractivity contribution is 6.31. The van der Waals surface area contributed by atoms with Gasteiger partial charge in [-0.1, -0.05) is 34.5 Å². The highest BCUT2D eigenvalue weighted by atomic mass is 35.5. The predicted octanol–water partition coefficient (Wildman–Crippen LogP) is 5.56. The Morgan fingerprint density at radius 3 is 2.69 bits per heavy atom. The molecule has 6 heteroatoms. The zero-order valence-corrected chi connectivity index (χ0v) is 14.9. The number of anilines is 1. The molecule has 2 aromatic carbocycles. The smallest absolute Gasteiger partial charge is 0.277 e. The Labute approximate surface area is 155 Å². The summed E-state index contributed by atoms with van der Waals surface area (Å²) in [6, 6.07) is 14.4. The van der Waals surface area contributed by atoms with E-state index in [9.17, 15) is 4.79 Å². The number of aromatic nitrogens is 1. The molecule has 4 rings (SSSR count). The van der Waals surface area contributed by atoms with E-state index < -0.39 is 0 Å². The van der Waals surface area contributed by atoms with E-state index in [-0.39, 0.29) is 11.6 Å². The van der Waals surface area contributed by atoms with Gasteiger partial charge in [-0.2, -0.15) is 0 Å². The fourth-order valence-electron chi connectivity index (χ4n) is 2.57. The van der Waals surface area contributed by atoms with Crippen LogP contribution in [0, 0.1) is 6.92 Å². The Balaban J connectivity index is 1.55. The van der Waals surface area contributed by atoms with E-state index in [4.69, 9.17) is 20.9 Å². The Bertz CT molecular complexity index is 946. The average molecular weight is 369 g/mol. The minimum atomic E-state index is -0.364. The van der Waals surface area contributed by atoms with Gasteiger partial charge in [-0.15, -0.1) is 0 Å². The Morgan fingerprint density at radius 1 is 1.19 bits per heavy atom. The summed E-state index contributed by atoms with van der Waals surface area (Å²) in [5.74, 6) is 1.97. The molecule has 0 unspecified atom stereocenters. The van der Waals surface area contributed by atoms with Crippen LogP contribution in [0.5, 0.6) is 11.5 Å². The molecule has 5 nitrogen and oxygen atoms in total. The zero-order valence-electron chi connectivity index (χ0n) is 14.2. The Morgan fingerprint density at radius 2 is 1.96 bits per heavy atom. The molecule has 1 heterocycles. The second-order valence-corrected chi connectivity index (χ2v) is 6.83. The standard InChI is InChI=1S/C20H17ClN2O3/c1-12-2-7-15(8-3-12)25-18-9-6-14(21)10-16(18)22-20(24)17-11-19(26-23-17)13-4-5-13/h2-3,6-11,13H,4-5H2,1H3,(H,22,24). The van der Waals surface area contributed by atoms with Gasteiger partial charge < -0.3 is 14.6 Å². The van der Waals surface area contributed by atoms with Crippen LogP contribution < -0.4 is 10.1 Å². The van der Waals surface area contributed by atoms with Crippen molar-refractivity contribution in [3.63, 3.8) is 0 Å². The van der Waals surface area contributed by atoms with Gasteiger partial charge in [0, 0.05) is 17.0 Å². The molecule has 0 aliphatic heterocycles. The molecule has 0 bridgehead atoms. The number of nitrogens with one attached hydrogen (secondary N) is 1. The third-order valence-corrected chi connectivity index (χ3v) is 4.41. The number of aryl methyl sites for hydroxylation is 1. The van der Waals surface area contributed by atoms with E-state index in [1.165, 1.54) is 0 Å². The molecule has 26 heavy (non-hydrogen) atoms. The van der Waals surface area contributed by atoms with Crippen LogP contribution in [0.15, 0.2) is 53.1 Å². The number of hydrogen-bond donors (Lipinski definition) is 1. The van der Waals surface area contributed by atoms with Crippen LogP contribution in [0.4, 0.5) is 5.69 Å². The third-order valence-electron chi connectivity index (χ3n) is 4.18. The van der Waals surface area contributed by atoms with Crippen LogP contribution >= 0.6 is 11.6 Å². The van der Waals surface area contributed by atoms with Gasteiger partial charge in [0.1, 0.15) is 11.5 Å². The largest absolute Gasteiger partial charge is 0.455 e. The van der Waals surface area contributed by atoms with Crippen molar-refractivity contribution in [3.05, 3.63) is 70.6 Å². The van der Waals surface area contributed by atoms with Crippen molar-refractivity contribution in [2.75, 3.05) is 5.32 Å². The number of halogens is 1. The average Bonchev–Trinajstić information content (AvgIpc) is 3.36. The maximum absolute atomic E-state index is 12.5. The lowest BCUT2D eigenvalue weighted by Crippen LogP contribution is -2.13. The first-order valence-electron chi connectivity index (χ1n) is 8.40. The lowest BCUT2D eigenvalue weighted by Gasteiger charge is -2.12. The van der Waals surface area contributed by atoms with Crippen molar-refractivity contribution in [1.82, 2.24) is 5.16 Å². The number of hydrogen-bond acceptors (Lipinski definition) is 4. The number of rotatable bonds is 5. The summed E-state index contributed by atoms with van der Waals surface area (Å²) in [7, 11) is 0. The first-order valence-corrected chi connectivity index (χ1v) is 8.78. The van der Waals surface area contributed by atoms with Crippen molar-refractivity contribution >= 4 is 23.2 Å². The Hall–Kier alpha value is -2.79. The van der Waals surface area contributed by atoms with Gasteiger partial charge >= 0.3 is 0 Å². The molecule has 1 aliphatic carbocycles. The minimum Gasteiger partial charge on any atom is -0.455 e. The van der Waals surface area contributed by atoms with Crippen LogP contribution in [0.25, 0.3) is 0 Å². The van der Waals surface area contributed by atoms with Crippen molar-refractivity contribution in [3.8, 4) is 11.5 Å². The van der Waals surface area contributed by atoms with Crippen LogP contribution in [0.2, 0.25) is 5.02 Å². The van der Waals surface area contributed by atoms with Crippen LogP contribution in [0.1, 0.15) is 40.6 Å². The van der Waals surface area contributed by atoms with Crippen molar-refractivity contribution in [1.29, 1.82) is 0 Å². The van der Waals surface area contributed by atoms with E-state index >= 15 is 0 Å². The van der Waals surface area contributed by atoms with E-state index in [1.807, 2.05) is 31.2 Å². The molecular weight excluding hydrogens is 352 g/mol. The van der Waals surface area contributed by atoms with Crippen LogP contribution in [-0.4, -0.2) is 11.1 Å². The maximum Gasteiger partial charge on any atom is 0.277 e. The zero-order chi connectivity index (χ0) is 18.1. The molecule has 0 radical (unpaired) electrons. The molecule has 0 saturated heterocycles. The van der Waals surface area contributed by atoms with E-state index in [2.05, 4.69) is 10.5 Å². The molecule has 1 N–H and O–H groups in total. The number of amides is 1. The highest BCUT2D eigenvalue weighted by Crippen LogP contribution is 2.40. The van der Waals surface area contributed by atoms with E-state index in [0.29, 0.717) is 28.1 Å². The predicted molar refractivity (Wildman–Crippen MR) is 99.1 cm³/mol. The summed E-state index contributed by atoms with van der Waals surface area (Å²) < 4.78 is 11.1. The van der Waals surface area contributed by atoms with Crippen molar-refractivity contribution in [2.45, 2.75) is 25.7 Å². The maximum atomic E-state index is 12.5. The normalized spacial score (nSPS) is 13.5. The quantitative estimate of drug-likeness (QED) is 0.640. The number of carbonyl (C=O) groups excluding carboxylic acids is 1. The lowest BCUT2D eigenvalue weighted by molar-refractivity contribution is 0.101. The molecule has 1 aliphatic rings. The summed E-state index contributed by atoms with van der Waals surface area (Å²) in [6.45, 7) is 2.01. The summed E-state index contributed by atoms with van der Waals surface area (Å²) in [5, 5.41) is 7.16. The van der Waals surface area contributed by atoms with Gasteiger partial charge in [-0.25, -0.2) is 0 Å². The van der Waals surface area contributed by atoms with Crippen molar-refractivity contribution in [2.24, 2.45) is 0 Å². The number of carbonyl (C=O) groups is 1. The molecule has 1 aromatic heterocycles. The van der Waals surface area contributed by atoms with Crippen LogP contribution in [0.3, 0.4) is 0 Å². The third kappa shape index (κ3) is 3.73. The minimum absolute atomic E-state index is 0.244. The topological polar surface area (TPSA) is 64.4 Å². The second-order valence-electron chi connectivity index (χ2n) is 6.40. The van der Waals surface area contributed by atoms with Crippen molar-refractivity contribution < 1.29 is 14.1 Å². The first kappa shape index (κ1) is 16.7. The summed E-state index contributed by atoms with van der Waals surface area (Å²) in [4.78, 5) is 12.5. The van der Waals surface area contributed by atoms with Crippen LogP contribution in [-0.2, 0) is 0 Å². The van der Waals surface area contributed by atoms with Gasteiger partial charge in [-0.05, 0) is 50.1 Å². The summed E-state index contributed by atoms with van der Waals surface area (Å²) in [5.41, 5.74) is 1.85. The highest BCUT2D eigenvalue weighted by Gasteiger charge is 2.29. The molecule has 0 atom stereocenters. The lowest BCUT2D eigenvalue weighted by atomic mass is 10.2. The number of benzene rings is 2. The molecule has 1 fully saturated rings. The van der Waals surface area contributed by atoms with Gasteiger partial charge in [-0.3, -0.25) is 4.79 Å². The molecule has 0 spiro atoms. The summed E-state index contributed by atoms with van der Waals surface area (Å²) in [6.07, 6.45) is 2.16. The SMILES string of the molecule is Cc1ccc(Oc2ccc(Cl)cc2NC(=O)c2cc(C3CC3)on2)cc1. The van der Waals surface area contributed by atoms with Gasteiger partial charge in [0.25, 0.3) is 5.91 Å². The second kappa shape index (κ2) is 6.84. The summed E-state index contributed by atoms with van der Waals surface area (Å²) >= 11 is 6.08. The first-order chi connectivity index (χ1) is 12.6. The van der Waals surface area contributed by atoms with E-state index in [1.54, 1.807) is 24.3 Å². The van der Waals surface area contributed by atoms with Gasteiger partial charge in [0.05, 0.1) is 5.69 Å². The molecular formula is C20H17ClN2O3. The fourth-order valence-corrected chi connectivity index (χ4v) is 2.74. The molecule has 132 valence electrons. The van der Waals surface area contributed by atoms with E-state index in [0.717, 1.165) is 24.2 Å². The fraction of sp³-hybridized carbons (Fsp3) is 0.200. The molecule has 3 aromatic rings. The monoisotopic (exact) mass is 368 g/mol.